The van der Waals surface area contributed by atoms with Crippen molar-refractivity contribution < 1.29 is 0 Å². The number of hydrogen-bond donors (Lipinski definition) is 1. The molecule has 1 fully saturated rings. The Balaban J connectivity index is 1.92. The number of aryl methyl sites for hydroxylation is 2. The van der Waals surface area contributed by atoms with E-state index in [0.29, 0.717) is 0 Å². The van der Waals surface area contributed by atoms with Gasteiger partial charge < -0.3 is 5.32 Å². The fraction of sp³-hybridized carbons (Fsp3) is 0.625. The first-order valence-electron chi connectivity index (χ1n) is 6.69. The van der Waals surface area contributed by atoms with Gasteiger partial charge in [0.15, 0.2) is 0 Å². The van der Waals surface area contributed by atoms with E-state index in [2.05, 4.69) is 58.1 Å². The fourth-order valence-electron chi connectivity index (χ4n) is 2.31. The molecule has 1 aromatic rings. The monoisotopic (exact) mass is 231 g/mol. The molecule has 94 valence electrons. The van der Waals surface area contributed by atoms with Crippen LogP contribution in [0.15, 0.2) is 18.2 Å². The van der Waals surface area contributed by atoms with Crippen molar-refractivity contribution in [1.29, 1.82) is 0 Å². The van der Waals surface area contributed by atoms with Crippen molar-refractivity contribution in [2.45, 2.75) is 52.5 Å². The van der Waals surface area contributed by atoms with Crippen molar-refractivity contribution in [3.05, 3.63) is 34.9 Å². The van der Waals surface area contributed by atoms with Gasteiger partial charge in [0.1, 0.15) is 0 Å². The Morgan fingerprint density at radius 2 is 1.88 bits per heavy atom. The molecule has 17 heavy (non-hydrogen) atoms. The molecule has 1 aliphatic rings. The van der Waals surface area contributed by atoms with Gasteiger partial charge >= 0.3 is 0 Å². The molecule has 0 spiro atoms. The van der Waals surface area contributed by atoms with Gasteiger partial charge in [-0.25, -0.2) is 0 Å². The van der Waals surface area contributed by atoms with Crippen LogP contribution < -0.4 is 5.32 Å². The molecule has 0 heterocycles. The molecule has 2 unspecified atom stereocenters. The molecule has 1 aliphatic carbocycles. The topological polar surface area (TPSA) is 12.0 Å². The highest BCUT2D eigenvalue weighted by Gasteiger charge is 2.38. The van der Waals surface area contributed by atoms with E-state index in [0.717, 1.165) is 18.4 Å². The maximum absolute atomic E-state index is 3.61. The standard InChI is InChI=1S/C16H25N/c1-11-6-7-13(8-12(11)2)15-9-14(15)10-17-16(3,4)5/h6-8,14-15,17H,9-10H2,1-5H3. The summed E-state index contributed by atoms with van der Waals surface area (Å²) < 4.78 is 0. The smallest absolute Gasteiger partial charge is 0.00966 e. The molecule has 1 N–H and O–H groups in total. The summed E-state index contributed by atoms with van der Waals surface area (Å²) in [6.45, 7) is 12.3. The quantitative estimate of drug-likeness (QED) is 0.834. The highest BCUT2D eigenvalue weighted by molar-refractivity contribution is 5.34. The third-order valence-electron chi connectivity index (χ3n) is 3.78. The van der Waals surface area contributed by atoms with Crippen LogP contribution in [0.5, 0.6) is 0 Å². The van der Waals surface area contributed by atoms with Gasteiger partial charge in [0, 0.05) is 5.54 Å². The van der Waals surface area contributed by atoms with E-state index in [1.165, 1.54) is 23.1 Å². The fourth-order valence-corrected chi connectivity index (χ4v) is 2.31. The van der Waals surface area contributed by atoms with E-state index >= 15 is 0 Å². The van der Waals surface area contributed by atoms with Crippen molar-refractivity contribution in [2.75, 3.05) is 6.54 Å². The molecule has 1 heteroatoms. The molecule has 2 atom stereocenters. The van der Waals surface area contributed by atoms with Crippen molar-refractivity contribution >= 4 is 0 Å². The summed E-state index contributed by atoms with van der Waals surface area (Å²) in [7, 11) is 0. The van der Waals surface area contributed by atoms with Gasteiger partial charge in [-0.2, -0.15) is 0 Å². The largest absolute Gasteiger partial charge is 0.312 e. The number of nitrogens with one attached hydrogen (secondary N) is 1. The summed E-state index contributed by atoms with van der Waals surface area (Å²) in [4.78, 5) is 0. The highest BCUT2D eigenvalue weighted by Crippen LogP contribution is 2.47. The SMILES string of the molecule is Cc1ccc(C2CC2CNC(C)(C)C)cc1C. The first-order chi connectivity index (χ1) is 7.87. The van der Waals surface area contributed by atoms with E-state index < -0.39 is 0 Å². The maximum atomic E-state index is 3.61. The van der Waals surface area contributed by atoms with Crippen LogP contribution in [0.2, 0.25) is 0 Å². The molecule has 2 rings (SSSR count). The normalized spacial score (nSPS) is 23.8. The minimum atomic E-state index is 0.246. The van der Waals surface area contributed by atoms with Crippen LogP contribution in [0, 0.1) is 19.8 Å². The summed E-state index contributed by atoms with van der Waals surface area (Å²) in [5.41, 5.74) is 4.61. The first-order valence-corrected chi connectivity index (χ1v) is 6.69. The molecule has 0 aromatic heterocycles. The molecule has 0 amide bonds. The summed E-state index contributed by atoms with van der Waals surface area (Å²) in [5.74, 6) is 1.64. The lowest BCUT2D eigenvalue weighted by atomic mass is 10.0. The second-order valence-electron chi connectivity index (χ2n) is 6.58. The van der Waals surface area contributed by atoms with Crippen LogP contribution in [0.4, 0.5) is 0 Å². The van der Waals surface area contributed by atoms with Gasteiger partial charge in [0.05, 0.1) is 0 Å². The van der Waals surface area contributed by atoms with E-state index in [1.54, 1.807) is 0 Å². The van der Waals surface area contributed by atoms with E-state index in [9.17, 15) is 0 Å². The summed E-state index contributed by atoms with van der Waals surface area (Å²) in [5, 5.41) is 3.61. The molecule has 1 saturated carbocycles. The van der Waals surface area contributed by atoms with E-state index in [1.807, 2.05) is 0 Å². The van der Waals surface area contributed by atoms with Crippen molar-refractivity contribution in [1.82, 2.24) is 5.32 Å². The summed E-state index contributed by atoms with van der Waals surface area (Å²) >= 11 is 0. The van der Waals surface area contributed by atoms with Crippen LogP contribution in [-0.4, -0.2) is 12.1 Å². The van der Waals surface area contributed by atoms with E-state index in [-0.39, 0.29) is 5.54 Å². The van der Waals surface area contributed by atoms with Crippen LogP contribution in [0.1, 0.15) is 49.8 Å². The molecule has 1 nitrogen and oxygen atoms in total. The van der Waals surface area contributed by atoms with Gasteiger partial charge in [0.25, 0.3) is 0 Å². The van der Waals surface area contributed by atoms with Gasteiger partial charge in [0.2, 0.25) is 0 Å². The van der Waals surface area contributed by atoms with Crippen molar-refractivity contribution in [2.24, 2.45) is 5.92 Å². The second kappa shape index (κ2) is 4.45. The maximum Gasteiger partial charge on any atom is 0.00966 e. The van der Waals surface area contributed by atoms with Crippen molar-refractivity contribution in [3.63, 3.8) is 0 Å². The lowest BCUT2D eigenvalue weighted by Crippen LogP contribution is -2.37. The van der Waals surface area contributed by atoms with Crippen LogP contribution in [-0.2, 0) is 0 Å². The highest BCUT2D eigenvalue weighted by atomic mass is 15.0. The Hall–Kier alpha value is -0.820. The minimum Gasteiger partial charge on any atom is -0.312 e. The Labute approximate surface area is 106 Å². The lowest BCUT2D eigenvalue weighted by Gasteiger charge is -2.20. The van der Waals surface area contributed by atoms with Crippen LogP contribution >= 0.6 is 0 Å². The minimum absolute atomic E-state index is 0.246. The van der Waals surface area contributed by atoms with Gasteiger partial charge in [-0.15, -0.1) is 0 Å². The first kappa shape index (κ1) is 12.6. The van der Waals surface area contributed by atoms with Gasteiger partial charge in [-0.3, -0.25) is 0 Å². The molecule has 1 aromatic carbocycles. The van der Waals surface area contributed by atoms with Gasteiger partial charge in [-0.05, 0) is 76.1 Å². The average Bonchev–Trinajstić information content (AvgIpc) is 2.97. The average molecular weight is 231 g/mol. The zero-order chi connectivity index (χ0) is 12.6. The summed E-state index contributed by atoms with van der Waals surface area (Å²) in [6, 6.07) is 6.94. The Kier molecular flexibility index (Phi) is 3.31. The Morgan fingerprint density at radius 1 is 1.18 bits per heavy atom. The third-order valence-corrected chi connectivity index (χ3v) is 3.78. The molecular formula is C16H25N. The Bertz CT molecular complexity index is 400. The Morgan fingerprint density at radius 3 is 2.47 bits per heavy atom. The third kappa shape index (κ3) is 3.32. The predicted octanol–water partition coefficient (Wildman–Crippen LogP) is 3.80. The zero-order valence-corrected chi connectivity index (χ0v) is 11.8. The predicted molar refractivity (Wildman–Crippen MR) is 74.5 cm³/mol. The number of benzene rings is 1. The lowest BCUT2D eigenvalue weighted by molar-refractivity contribution is 0.414. The second-order valence-corrected chi connectivity index (χ2v) is 6.58. The molecule has 0 aliphatic heterocycles. The number of rotatable bonds is 3. The van der Waals surface area contributed by atoms with E-state index in [4.69, 9.17) is 0 Å². The molecular weight excluding hydrogens is 206 g/mol. The van der Waals surface area contributed by atoms with Crippen LogP contribution in [0.25, 0.3) is 0 Å². The van der Waals surface area contributed by atoms with Crippen LogP contribution in [0.3, 0.4) is 0 Å². The molecule has 0 radical (unpaired) electrons. The number of hydrogen-bond acceptors (Lipinski definition) is 1. The molecule has 0 saturated heterocycles. The zero-order valence-electron chi connectivity index (χ0n) is 11.8. The summed E-state index contributed by atoms with van der Waals surface area (Å²) in [6.07, 6.45) is 1.35. The molecule has 0 bridgehead atoms. The van der Waals surface area contributed by atoms with Gasteiger partial charge in [-0.1, -0.05) is 18.2 Å². The van der Waals surface area contributed by atoms with Crippen molar-refractivity contribution in [3.8, 4) is 0 Å².